The monoisotopic (exact) mass is 450 g/mol. The standard InChI is InChI=1S/C31H30O3/c1-23(21-25-9-5-3-6-10-25)27-13-17-29(18-14-27)33-31(32)34-30-19-15-28(16-20-30)24(2)22-26-11-7-4-8-12-26/h3-20,23-24H,21-22H2,1-2H3. The third-order valence-corrected chi connectivity index (χ3v) is 6.07. The molecule has 0 aromatic heterocycles. The van der Waals surface area contributed by atoms with E-state index in [0.717, 1.165) is 12.8 Å². The van der Waals surface area contributed by atoms with Gasteiger partial charge in [-0.15, -0.1) is 0 Å². The first-order valence-corrected chi connectivity index (χ1v) is 11.7. The van der Waals surface area contributed by atoms with Crippen molar-refractivity contribution in [2.45, 2.75) is 38.5 Å². The molecule has 0 heterocycles. The van der Waals surface area contributed by atoms with Gasteiger partial charge in [0.15, 0.2) is 0 Å². The molecule has 4 rings (SSSR count). The summed E-state index contributed by atoms with van der Waals surface area (Å²) in [5, 5.41) is 0. The molecule has 0 aliphatic heterocycles. The van der Waals surface area contributed by atoms with Gasteiger partial charge in [0.2, 0.25) is 0 Å². The Hall–Kier alpha value is -3.85. The molecule has 0 amide bonds. The lowest BCUT2D eigenvalue weighted by molar-refractivity contribution is 0.152. The van der Waals surface area contributed by atoms with Gasteiger partial charge in [0, 0.05) is 0 Å². The van der Waals surface area contributed by atoms with Gasteiger partial charge < -0.3 is 9.47 Å². The number of hydrogen-bond donors (Lipinski definition) is 0. The van der Waals surface area contributed by atoms with E-state index in [0.29, 0.717) is 23.3 Å². The third kappa shape index (κ3) is 6.58. The predicted molar refractivity (Wildman–Crippen MR) is 137 cm³/mol. The van der Waals surface area contributed by atoms with Gasteiger partial charge in [0.25, 0.3) is 0 Å². The molecule has 4 aromatic rings. The Morgan fingerprint density at radius 2 is 0.912 bits per heavy atom. The summed E-state index contributed by atoms with van der Waals surface area (Å²) in [5.74, 6) is 1.67. The SMILES string of the molecule is CC(Cc1ccccc1)c1ccc(OC(=O)Oc2ccc(C(C)Cc3ccccc3)cc2)cc1. The molecule has 0 saturated heterocycles. The minimum atomic E-state index is -0.741. The van der Waals surface area contributed by atoms with Crippen LogP contribution in [0.4, 0.5) is 4.79 Å². The van der Waals surface area contributed by atoms with Gasteiger partial charge in [0.1, 0.15) is 11.5 Å². The molecule has 34 heavy (non-hydrogen) atoms. The van der Waals surface area contributed by atoms with Gasteiger partial charge >= 0.3 is 6.16 Å². The average Bonchev–Trinajstić information content (AvgIpc) is 2.86. The second-order valence-corrected chi connectivity index (χ2v) is 8.77. The van der Waals surface area contributed by atoms with Crippen LogP contribution in [0.5, 0.6) is 11.5 Å². The minimum absolute atomic E-state index is 0.367. The predicted octanol–water partition coefficient (Wildman–Crippen LogP) is 7.96. The zero-order valence-corrected chi connectivity index (χ0v) is 19.7. The molecule has 0 aliphatic carbocycles. The highest BCUT2D eigenvalue weighted by Gasteiger charge is 2.12. The summed E-state index contributed by atoms with van der Waals surface area (Å²) in [6.45, 7) is 4.39. The Morgan fingerprint density at radius 1 is 0.559 bits per heavy atom. The van der Waals surface area contributed by atoms with Crippen molar-refractivity contribution in [1.82, 2.24) is 0 Å². The summed E-state index contributed by atoms with van der Waals surface area (Å²) in [6, 6.07) is 36.1. The number of ether oxygens (including phenoxy) is 2. The van der Waals surface area contributed by atoms with Gasteiger partial charge in [-0.3, -0.25) is 0 Å². The summed E-state index contributed by atoms with van der Waals surface area (Å²) in [4.78, 5) is 12.3. The lowest BCUT2D eigenvalue weighted by Gasteiger charge is -2.13. The number of benzene rings is 4. The van der Waals surface area contributed by atoms with Crippen molar-refractivity contribution in [3.05, 3.63) is 131 Å². The summed E-state index contributed by atoms with van der Waals surface area (Å²) >= 11 is 0. The molecule has 3 heteroatoms. The van der Waals surface area contributed by atoms with Gasteiger partial charge in [-0.1, -0.05) is 98.8 Å². The van der Waals surface area contributed by atoms with Gasteiger partial charge in [-0.2, -0.15) is 0 Å². The molecule has 0 spiro atoms. The van der Waals surface area contributed by atoms with E-state index in [1.165, 1.54) is 22.3 Å². The molecule has 2 unspecified atom stereocenters. The smallest absolute Gasteiger partial charge is 0.395 e. The van der Waals surface area contributed by atoms with Crippen molar-refractivity contribution in [2.75, 3.05) is 0 Å². The van der Waals surface area contributed by atoms with Gasteiger partial charge in [-0.05, 0) is 71.2 Å². The molecular weight excluding hydrogens is 420 g/mol. The van der Waals surface area contributed by atoms with Crippen LogP contribution in [-0.2, 0) is 12.8 Å². The lowest BCUT2D eigenvalue weighted by Crippen LogP contribution is -2.13. The van der Waals surface area contributed by atoms with Crippen LogP contribution in [0.1, 0.15) is 47.9 Å². The van der Waals surface area contributed by atoms with Crippen molar-refractivity contribution < 1.29 is 14.3 Å². The largest absolute Gasteiger partial charge is 0.519 e. The first kappa shape index (κ1) is 23.3. The molecular formula is C31H30O3. The molecule has 0 bridgehead atoms. The Morgan fingerprint density at radius 3 is 1.26 bits per heavy atom. The van der Waals surface area contributed by atoms with Crippen molar-refractivity contribution in [1.29, 1.82) is 0 Å². The Kier molecular flexibility index (Phi) is 7.77. The van der Waals surface area contributed by atoms with Crippen molar-refractivity contribution >= 4 is 6.16 Å². The van der Waals surface area contributed by atoms with Crippen molar-refractivity contribution in [2.24, 2.45) is 0 Å². The summed E-state index contributed by atoms with van der Waals surface area (Å²) in [6.07, 6.45) is 1.18. The second kappa shape index (κ2) is 11.3. The number of hydrogen-bond acceptors (Lipinski definition) is 3. The molecule has 3 nitrogen and oxygen atoms in total. The number of rotatable bonds is 8. The zero-order chi connectivity index (χ0) is 23.8. The van der Waals surface area contributed by atoms with Crippen molar-refractivity contribution in [3.8, 4) is 11.5 Å². The van der Waals surface area contributed by atoms with Gasteiger partial charge in [-0.25, -0.2) is 4.79 Å². The van der Waals surface area contributed by atoms with Crippen LogP contribution < -0.4 is 9.47 Å². The van der Waals surface area contributed by atoms with Crippen LogP contribution >= 0.6 is 0 Å². The van der Waals surface area contributed by atoms with Crippen LogP contribution in [0.2, 0.25) is 0 Å². The fraction of sp³-hybridized carbons (Fsp3) is 0.194. The molecule has 0 fully saturated rings. The Bertz CT molecular complexity index is 1070. The lowest BCUT2D eigenvalue weighted by atomic mass is 9.94. The Balaban J connectivity index is 1.28. The maximum atomic E-state index is 12.3. The number of carbonyl (C=O) groups excluding carboxylic acids is 1. The molecule has 0 N–H and O–H groups in total. The molecule has 0 saturated carbocycles. The fourth-order valence-electron chi connectivity index (χ4n) is 4.11. The normalized spacial score (nSPS) is 12.5. The number of carbonyl (C=O) groups is 1. The molecule has 4 aromatic carbocycles. The summed E-state index contributed by atoms with van der Waals surface area (Å²) < 4.78 is 10.7. The van der Waals surface area contributed by atoms with Crippen LogP contribution in [0.3, 0.4) is 0 Å². The highest BCUT2D eigenvalue weighted by molar-refractivity contribution is 5.67. The second-order valence-electron chi connectivity index (χ2n) is 8.77. The highest BCUT2D eigenvalue weighted by Crippen LogP contribution is 2.25. The fourth-order valence-corrected chi connectivity index (χ4v) is 4.11. The van der Waals surface area contributed by atoms with Crippen LogP contribution in [0.15, 0.2) is 109 Å². The van der Waals surface area contributed by atoms with E-state index in [1.807, 2.05) is 60.7 Å². The molecule has 2 atom stereocenters. The van der Waals surface area contributed by atoms with Crippen LogP contribution in [-0.4, -0.2) is 6.16 Å². The first-order valence-electron chi connectivity index (χ1n) is 11.7. The van der Waals surface area contributed by atoms with Crippen LogP contribution in [0, 0.1) is 0 Å². The van der Waals surface area contributed by atoms with E-state index in [4.69, 9.17) is 9.47 Å². The van der Waals surface area contributed by atoms with E-state index in [-0.39, 0.29) is 0 Å². The average molecular weight is 451 g/mol. The topological polar surface area (TPSA) is 35.5 Å². The molecule has 0 radical (unpaired) electrons. The van der Waals surface area contributed by atoms with Crippen LogP contribution in [0.25, 0.3) is 0 Å². The summed E-state index contributed by atoms with van der Waals surface area (Å²) in [5.41, 5.74) is 5.01. The van der Waals surface area contributed by atoms with E-state index < -0.39 is 6.16 Å². The van der Waals surface area contributed by atoms with E-state index in [1.54, 1.807) is 0 Å². The maximum absolute atomic E-state index is 12.3. The first-order chi connectivity index (χ1) is 16.6. The van der Waals surface area contributed by atoms with Gasteiger partial charge in [0.05, 0.1) is 0 Å². The minimum Gasteiger partial charge on any atom is -0.395 e. The zero-order valence-electron chi connectivity index (χ0n) is 19.7. The third-order valence-electron chi connectivity index (χ3n) is 6.07. The van der Waals surface area contributed by atoms with E-state index in [2.05, 4.69) is 62.4 Å². The molecule has 0 aliphatic rings. The maximum Gasteiger partial charge on any atom is 0.519 e. The molecule has 172 valence electrons. The van der Waals surface area contributed by atoms with E-state index >= 15 is 0 Å². The van der Waals surface area contributed by atoms with E-state index in [9.17, 15) is 4.79 Å². The summed E-state index contributed by atoms with van der Waals surface area (Å²) in [7, 11) is 0. The van der Waals surface area contributed by atoms with Crippen molar-refractivity contribution in [3.63, 3.8) is 0 Å². The highest BCUT2D eigenvalue weighted by atomic mass is 16.7. The Labute approximate surface area is 202 Å². The quantitative estimate of drug-likeness (QED) is 0.202.